The zero-order valence-electron chi connectivity index (χ0n) is 26.9. The van der Waals surface area contributed by atoms with Crippen LogP contribution in [0, 0.1) is 11.8 Å². The molecule has 4 aromatic heterocycles. The Labute approximate surface area is 283 Å². The van der Waals surface area contributed by atoms with E-state index in [9.17, 15) is 28.0 Å². The summed E-state index contributed by atoms with van der Waals surface area (Å²) in [5, 5.41) is 22.1. The highest BCUT2D eigenvalue weighted by Crippen LogP contribution is 2.34. The number of nitrogens with one attached hydrogen (secondary N) is 1. The van der Waals surface area contributed by atoms with Gasteiger partial charge in [0.25, 0.3) is 5.91 Å². The second kappa shape index (κ2) is 17.3. The standard InChI is InChI=1S/C28H27F2N7O7S.C3H8O/c1-15(38)44-21(9-23(39)40)28(42)43-14-36-11-16(10-31-36)27-33-20(13-45-27)26(41)32-19-12-37(17-5-3-2-4-6-17)35-25(19)24-18(29)7-8-22(30)34-24;1-3-4-2/h7-8,10-13,17,21H,2-6,9,14H2,1H3,(H,32,41)(H,39,40);3H2,1-2H3. The smallest absolute Gasteiger partial charge is 0.349 e. The molecule has 1 saturated carbocycles. The summed E-state index contributed by atoms with van der Waals surface area (Å²) in [6, 6.07) is 1.90. The van der Waals surface area contributed by atoms with Crippen LogP contribution in [-0.2, 0) is 35.3 Å². The summed E-state index contributed by atoms with van der Waals surface area (Å²) in [6.45, 7) is 3.41. The third-order valence-corrected chi connectivity index (χ3v) is 8.03. The molecule has 4 aromatic rings. The van der Waals surface area contributed by atoms with E-state index in [2.05, 4.69) is 30.2 Å². The molecule has 49 heavy (non-hydrogen) atoms. The Morgan fingerprint density at radius 2 is 1.84 bits per heavy atom. The van der Waals surface area contributed by atoms with Gasteiger partial charge in [-0.15, -0.1) is 11.3 Å². The fourth-order valence-corrected chi connectivity index (χ4v) is 5.55. The van der Waals surface area contributed by atoms with E-state index < -0.39 is 54.8 Å². The average molecular weight is 704 g/mol. The number of carboxylic acid groups (broad SMARTS) is 1. The van der Waals surface area contributed by atoms with E-state index in [1.54, 1.807) is 18.0 Å². The molecule has 0 radical (unpaired) electrons. The zero-order valence-corrected chi connectivity index (χ0v) is 27.7. The molecule has 0 saturated heterocycles. The van der Waals surface area contributed by atoms with Gasteiger partial charge >= 0.3 is 17.9 Å². The number of amides is 1. The highest BCUT2D eigenvalue weighted by Gasteiger charge is 2.27. The van der Waals surface area contributed by atoms with Crippen LogP contribution < -0.4 is 5.32 Å². The van der Waals surface area contributed by atoms with Crippen LogP contribution in [0.25, 0.3) is 22.0 Å². The number of anilines is 1. The maximum atomic E-state index is 14.7. The molecule has 0 spiro atoms. The van der Waals surface area contributed by atoms with Crippen LogP contribution >= 0.6 is 11.3 Å². The van der Waals surface area contributed by atoms with Gasteiger partial charge < -0.3 is 24.6 Å². The second-order valence-electron chi connectivity index (χ2n) is 10.8. The van der Waals surface area contributed by atoms with Gasteiger partial charge in [-0.3, -0.25) is 19.1 Å². The topological polar surface area (TPSA) is 190 Å². The quantitative estimate of drug-likeness (QED) is 0.151. The van der Waals surface area contributed by atoms with E-state index in [4.69, 9.17) is 14.6 Å². The number of rotatable bonds is 12. The first-order chi connectivity index (χ1) is 23.5. The van der Waals surface area contributed by atoms with E-state index in [1.165, 1.54) is 22.5 Å². The molecule has 1 aliphatic rings. The maximum absolute atomic E-state index is 14.7. The lowest BCUT2D eigenvalue weighted by Gasteiger charge is -2.21. The number of carboxylic acids is 1. The Kier molecular flexibility index (Phi) is 13.0. The molecule has 1 fully saturated rings. The molecule has 1 unspecified atom stereocenters. The Hall–Kier alpha value is -5.10. The zero-order chi connectivity index (χ0) is 35.5. The van der Waals surface area contributed by atoms with Gasteiger partial charge in [-0.2, -0.15) is 14.6 Å². The number of pyridine rings is 1. The number of aliphatic carboxylic acids is 1. The van der Waals surface area contributed by atoms with Gasteiger partial charge in [0.2, 0.25) is 12.1 Å². The molecule has 0 aliphatic heterocycles. The number of hydrogen-bond acceptors (Lipinski definition) is 12. The van der Waals surface area contributed by atoms with Crippen molar-refractivity contribution in [2.75, 3.05) is 19.0 Å². The molecule has 1 amide bonds. The van der Waals surface area contributed by atoms with Crippen LogP contribution in [0.3, 0.4) is 0 Å². The van der Waals surface area contributed by atoms with Gasteiger partial charge in [0.15, 0.2) is 12.5 Å². The Bertz CT molecular complexity index is 1750. The minimum absolute atomic E-state index is 0.00324. The van der Waals surface area contributed by atoms with Crippen molar-refractivity contribution in [2.45, 2.75) is 71.2 Å². The SMILES string of the molecule is CC(=O)OC(CC(=O)O)C(=O)OCn1cc(-c2nc(C(=O)Nc3cn(C4CCCCC4)nc3-c3nc(F)ccc3F)cs2)cn1.CCOC. The number of hydrogen-bond donors (Lipinski definition) is 2. The normalized spacial score (nSPS) is 13.6. The Morgan fingerprint density at radius 3 is 2.51 bits per heavy atom. The van der Waals surface area contributed by atoms with Gasteiger partial charge in [-0.05, 0) is 31.9 Å². The Balaban J connectivity index is 0.00000128. The highest BCUT2D eigenvalue weighted by molar-refractivity contribution is 7.13. The summed E-state index contributed by atoms with van der Waals surface area (Å²) < 4.78 is 45.8. The third kappa shape index (κ3) is 10.2. The monoisotopic (exact) mass is 703 g/mol. The number of carbonyl (C=O) groups is 4. The summed E-state index contributed by atoms with van der Waals surface area (Å²) in [6.07, 6.45) is 6.97. The molecule has 0 bridgehead atoms. The molecule has 5 rings (SSSR count). The fraction of sp³-hybridized carbons (Fsp3) is 0.419. The van der Waals surface area contributed by atoms with E-state index >= 15 is 0 Å². The molecule has 1 aliphatic carbocycles. The van der Waals surface area contributed by atoms with Crippen molar-refractivity contribution in [3.8, 4) is 22.0 Å². The first-order valence-corrected chi connectivity index (χ1v) is 16.1. The van der Waals surface area contributed by atoms with E-state index in [0.717, 1.165) is 69.1 Å². The van der Waals surface area contributed by atoms with Gasteiger partial charge in [0.05, 0.1) is 24.3 Å². The molecule has 0 aromatic carbocycles. The van der Waals surface area contributed by atoms with Crippen molar-refractivity contribution >= 4 is 40.8 Å². The molecule has 262 valence electrons. The summed E-state index contributed by atoms with van der Waals surface area (Å²) in [4.78, 5) is 55.7. The summed E-state index contributed by atoms with van der Waals surface area (Å²) >= 11 is 1.13. The van der Waals surface area contributed by atoms with Gasteiger partial charge in [0.1, 0.15) is 22.1 Å². The lowest BCUT2D eigenvalue weighted by atomic mass is 9.96. The second-order valence-corrected chi connectivity index (χ2v) is 11.6. The van der Waals surface area contributed by atoms with Crippen molar-refractivity contribution in [2.24, 2.45) is 0 Å². The minimum atomic E-state index is -1.61. The molecule has 2 N–H and O–H groups in total. The molecular formula is C31H35F2N7O8S. The third-order valence-electron chi connectivity index (χ3n) is 7.14. The number of nitrogens with zero attached hydrogens (tertiary/aromatic N) is 6. The van der Waals surface area contributed by atoms with Crippen molar-refractivity contribution in [3.63, 3.8) is 0 Å². The maximum Gasteiger partial charge on any atom is 0.349 e. The van der Waals surface area contributed by atoms with Crippen LogP contribution in [0.2, 0.25) is 0 Å². The number of methoxy groups -OCH3 is 1. The van der Waals surface area contributed by atoms with Crippen LogP contribution in [-0.4, -0.2) is 78.3 Å². The predicted octanol–water partition coefficient (Wildman–Crippen LogP) is 4.86. The van der Waals surface area contributed by atoms with Gasteiger partial charge in [0, 0.05) is 44.0 Å². The largest absolute Gasteiger partial charge is 0.481 e. The predicted molar refractivity (Wildman–Crippen MR) is 170 cm³/mol. The first-order valence-electron chi connectivity index (χ1n) is 15.2. The van der Waals surface area contributed by atoms with E-state index in [-0.39, 0.29) is 28.8 Å². The molecule has 4 heterocycles. The van der Waals surface area contributed by atoms with Crippen molar-refractivity contribution < 1.29 is 47.3 Å². The van der Waals surface area contributed by atoms with Gasteiger partial charge in [-0.25, -0.2) is 23.8 Å². The lowest BCUT2D eigenvalue weighted by molar-refractivity contribution is -0.172. The number of ether oxygens (including phenoxy) is 3. The fourth-order valence-electron chi connectivity index (χ4n) is 4.77. The van der Waals surface area contributed by atoms with Gasteiger partial charge in [-0.1, -0.05) is 19.3 Å². The number of thiazole rings is 1. The van der Waals surface area contributed by atoms with E-state index in [1.807, 2.05) is 6.92 Å². The summed E-state index contributed by atoms with van der Waals surface area (Å²) in [7, 11) is 1.68. The number of aromatic nitrogens is 6. The summed E-state index contributed by atoms with van der Waals surface area (Å²) in [5.74, 6) is -5.54. The number of halogens is 2. The molecule has 15 nitrogen and oxygen atoms in total. The average Bonchev–Trinajstić information content (AvgIpc) is 3.85. The molecule has 1 atom stereocenters. The number of esters is 2. The lowest BCUT2D eigenvalue weighted by Crippen LogP contribution is -2.31. The summed E-state index contributed by atoms with van der Waals surface area (Å²) in [5.41, 5.74) is 0.345. The first kappa shape index (κ1) is 36.7. The van der Waals surface area contributed by atoms with Crippen LogP contribution in [0.15, 0.2) is 36.1 Å². The highest BCUT2D eigenvalue weighted by atomic mass is 32.1. The van der Waals surface area contributed by atoms with Crippen LogP contribution in [0.5, 0.6) is 0 Å². The van der Waals surface area contributed by atoms with Crippen LogP contribution in [0.4, 0.5) is 14.5 Å². The van der Waals surface area contributed by atoms with Crippen molar-refractivity contribution in [1.29, 1.82) is 0 Å². The molecule has 18 heteroatoms. The van der Waals surface area contributed by atoms with Crippen molar-refractivity contribution in [1.82, 2.24) is 29.5 Å². The van der Waals surface area contributed by atoms with Crippen LogP contribution in [0.1, 0.15) is 68.9 Å². The van der Waals surface area contributed by atoms with E-state index in [0.29, 0.717) is 10.6 Å². The minimum Gasteiger partial charge on any atom is -0.481 e. The van der Waals surface area contributed by atoms with Crippen molar-refractivity contribution in [3.05, 3.63) is 53.6 Å². The number of carbonyl (C=O) groups excluding carboxylic acids is 3. The Morgan fingerprint density at radius 1 is 1.10 bits per heavy atom. The molecular weight excluding hydrogens is 668 g/mol.